The zero-order valence-electron chi connectivity index (χ0n) is 36.9. The van der Waals surface area contributed by atoms with E-state index < -0.39 is 8.07 Å². The number of hydrogen-bond acceptors (Lipinski definition) is 3. The number of anilines is 1. The number of rotatable bonds is 9. The molecule has 0 spiro atoms. The first-order valence-corrected chi connectivity index (χ1v) is 25.8. The van der Waals surface area contributed by atoms with E-state index in [0.29, 0.717) is 17.9 Å². The molecule has 4 bridgehead atoms. The number of aromatic nitrogens is 3. The molecule has 2 saturated heterocycles. The van der Waals surface area contributed by atoms with Crippen LogP contribution < -0.4 is 25.6 Å². The van der Waals surface area contributed by atoms with Crippen molar-refractivity contribution in [1.82, 2.24) is 14.5 Å². The van der Waals surface area contributed by atoms with Crippen LogP contribution in [0, 0.1) is 11.8 Å². The molecule has 4 aliphatic rings. The van der Waals surface area contributed by atoms with Crippen LogP contribution in [-0.4, -0.2) is 34.7 Å². The second-order valence-electron chi connectivity index (χ2n) is 19.0. The summed E-state index contributed by atoms with van der Waals surface area (Å²) in [6.45, 7) is 0. The van der Waals surface area contributed by atoms with Gasteiger partial charge in [0.15, 0.2) is 13.9 Å². The van der Waals surface area contributed by atoms with Gasteiger partial charge in [-0.1, -0.05) is 188 Å². The van der Waals surface area contributed by atoms with Crippen LogP contribution in [0.1, 0.15) is 32.1 Å². The zero-order chi connectivity index (χ0) is 43.6. The Balaban J connectivity index is 1.04. The lowest BCUT2D eigenvalue weighted by Crippen LogP contribution is -2.74. The number of nitrogens with zero attached hydrogens (tertiary/aromatic N) is 4. The first-order chi connectivity index (χ1) is 32.7. The van der Waals surface area contributed by atoms with Gasteiger partial charge in [-0.25, -0.2) is 9.97 Å². The lowest BCUT2D eigenvalue weighted by molar-refractivity contribution is 0.0900. The van der Waals surface area contributed by atoms with E-state index in [-0.39, 0.29) is 0 Å². The Morgan fingerprint density at radius 2 is 0.909 bits per heavy atom. The van der Waals surface area contributed by atoms with Crippen molar-refractivity contribution in [2.75, 3.05) is 4.90 Å². The highest BCUT2D eigenvalue weighted by Crippen LogP contribution is 2.51. The lowest BCUT2D eigenvalue weighted by atomic mass is 9.63. The van der Waals surface area contributed by atoms with Crippen molar-refractivity contribution >= 4 is 56.3 Å². The van der Waals surface area contributed by atoms with E-state index in [2.05, 4.69) is 228 Å². The van der Waals surface area contributed by atoms with Crippen molar-refractivity contribution in [3.63, 3.8) is 0 Å². The molecule has 318 valence electrons. The normalized spacial score (nSPS) is 18.9. The second kappa shape index (κ2) is 16.0. The van der Waals surface area contributed by atoms with Crippen LogP contribution in [-0.2, 0) is 0 Å². The van der Waals surface area contributed by atoms with Gasteiger partial charge in [-0.15, -0.1) is 0 Å². The number of fused-ring (bicyclic) bond motifs is 3. The maximum Gasteiger partial charge on any atom is 0.179 e. The molecule has 4 nitrogen and oxygen atoms in total. The highest BCUT2D eigenvalue weighted by atomic mass is 28.3. The minimum Gasteiger partial charge on any atom is -0.365 e. The quantitative estimate of drug-likeness (QED) is 0.107. The zero-order valence-corrected chi connectivity index (χ0v) is 37.9. The fourth-order valence-corrected chi connectivity index (χ4v) is 17.4. The standard InChI is InChI=1S/C61H50N4Si/c1-5-17-44(18-6-1)45-19-15-20-46(38-45)57-41-60(65-58-30-14-13-29-55(58)56-32-31-48(40-59(56)65)64-49-34-42-33-43(36-49)37-50(64)35-42)63-61(62-57)47-21-16-28-54(39-47)66(51-22-7-2-8-23-51,52-24-9-3-10-25-52)53-26-11-4-12-27-53/h1-32,38-43,49-50H,33-37H2. The molecule has 0 unspecified atom stereocenters. The maximum atomic E-state index is 5.66. The average molecular weight is 867 g/mol. The molecule has 0 atom stereocenters. The molecule has 0 N–H and O–H groups in total. The Bertz CT molecular complexity index is 3260. The molecule has 2 aromatic heterocycles. The van der Waals surface area contributed by atoms with Crippen molar-refractivity contribution in [3.8, 4) is 39.6 Å². The summed E-state index contributed by atoms with van der Waals surface area (Å²) in [5, 5.41) is 7.78. The predicted molar refractivity (Wildman–Crippen MR) is 276 cm³/mol. The van der Waals surface area contributed by atoms with E-state index in [1.54, 1.807) is 0 Å². The Morgan fingerprint density at radius 3 is 1.58 bits per heavy atom. The van der Waals surface area contributed by atoms with Crippen molar-refractivity contribution < 1.29 is 0 Å². The third kappa shape index (κ3) is 6.47. The Kier molecular flexibility index (Phi) is 9.45. The van der Waals surface area contributed by atoms with Gasteiger partial charge in [-0.05, 0) is 100 Å². The van der Waals surface area contributed by atoms with E-state index in [1.807, 2.05) is 0 Å². The average Bonchev–Trinajstić information content (AvgIpc) is 3.71. The molecule has 0 amide bonds. The van der Waals surface area contributed by atoms with Crippen molar-refractivity contribution in [3.05, 3.63) is 218 Å². The van der Waals surface area contributed by atoms with Crippen molar-refractivity contribution in [1.29, 1.82) is 0 Å². The molecule has 2 aliphatic heterocycles. The lowest BCUT2D eigenvalue weighted by Gasteiger charge is -2.57. The Morgan fingerprint density at radius 1 is 0.379 bits per heavy atom. The van der Waals surface area contributed by atoms with E-state index in [1.165, 1.54) is 80.4 Å². The summed E-state index contributed by atoms with van der Waals surface area (Å²) in [6, 6.07) is 81.7. The fraction of sp³-hybridized carbons (Fsp3) is 0.148. The van der Waals surface area contributed by atoms with E-state index in [4.69, 9.17) is 9.97 Å². The topological polar surface area (TPSA) is 34.0 Å². The summed E-state index contributed by atoms with van der Waals surface area (Å²) in [7, 11) is -2.83. The number of piperidine rings is 2. The predicted octanol–water partition coefficient (Wildman–Crippen LogP) is 11.7. The molecular formula is C61H50N4Si. The van der Waals surface area contributed by atoms with Gasteiger partial charge in [0, 0.05) is 45.7 Å². The van der Waals surface area contributed by atoms with Crippen LogP contribution >= 0.6 is 0 Å². The molecule has 4 fully saturated rings. The Hall–Kier alpha value is -7.34. The van der Waals surface area contributed by atoms with E-state index in [0.717, 1.165) is 45.6 Å². The van der Waals surface area contributed by atoms with Gasteiger partial charge in [0.1, 0.15) is 5.82 Å². The molecule has 14 rings (SSSR count). The van der Waals surface area contributed by atoms with Crippen molar-refractivity contribution in [2.45, 2.75) is 44.2 Å². The van der Waals surface area contributed by atoms with Crippen LogP contribution in [0.5, 0.6) is 0 Å². The summed E-state index contributed by atoms with van der Waals surface area (Å²) in [6.07, 6.45) is 6.76. The molecule has 10 aromatic rings. The first-order valence-electron chi connectivity index (χ1n) is 23.8. The largest absolute Gasteiger partial charge is 0.365 e. The van der Waals surface area contributed by atoms with E-state index >= 15 is 0 Å². The third-order valence-electron chi connectivity index (χ3n) is 15.2. The SMILES string of the molecule is c1ccc(-c2cccc(-c3cc(-n4c5ccccc5c5ccc(N6C7CC8CC(C7)CC6C8)cc54)nc(-c4cccc([Si](c5ccccc5)(c5ccccc5)c5ccccc5)c4)n3)c2)cc1. The van der Waals surface area contributed by atoms with Crippen LogP contribution in [0.25, 0.3) is 61.4 Å². The van der Waals surface area contributed by atoms with Crippen LogP contribution in [0.4, 0.5) is 5.69 Å². The number of hydrogen-bond donors (Lipinski definition) is 0. The molecular weight excluding hydrogens is 817 g/mol. The van der Waals surface area contributed by atoms with Crippen molar-refractivity contribution in [2.24, 2.45) is 11.8 Å². The first kappa shape index (κ1) is 39.1. The summed E-state index contributed by atoms with van der Waals surface area (Å²) < 4.78 is 2.42. The second-order valence-corrected chi connectivity index (χ2v) is 22.8. The number of benzene rings is 8. The number of para-hydroxylation sites is 1. The molecule has 4 heterocycles. The van der Waals surface area contributed by atoms with Crippen LogP contribution in [0.15, 0.2) is 218 Å². The van der Waals surface area contributed by atoms with Gasteiger partial charge >= 0.3 is 0 Å². The molecule has 5 heteroatoms. The van der Waals surface area contributed by atoms with Gasteiger partial charge in [0.25, 0.3) is 0 Å². The molecule has 0 radical (unpaired) electrons. The van der Waals surface area contributed by atoms with Crippen LogP contribution in [0.2, 0.25) is 0 Å². The summed E-state index contributed by atoms with van der Waals surface area (Å²) in [5.41, 5.74) is 8.97. The summed E-state index contributed by atoms with van der Waals surface area (Å²) in [5.74, 6) is 3.37. The minimum atomic E-state index is -2.83. The van der Waals surface area contributed by atoms with Gasteiger partial charge < -0.3 is 4.90 Å². The summed E-state index contributed by atoms with van der Waals surface area (Å²) >= 11 is 0. The summed E-state index contributed by atoms with van der Waals surface area (Å²) in [4.78, 5) is 14.0. The monoisotopic (exact) mass is 866 g/mol. The third-order valence-corrected chi connectivity index (χ3v) is 20.0. The molecule has 2 saturated carbocycles. The fourth-order valence-electron chi connectivity index (χ4n) is 12.6. The molecule has 66 heavy (non-hydrogen) atoms. The maximum absolute atomic E-state index is 5.66. The molecule has 2 aliphatic carbocycles. The smallest absolute Gasteiger partial charge is 0.179 e. The van der Waals surface area contributed by atoms with E-state index in [9.17, 15) is 0 Å². The van der Waals surface area contributed by atoms with Crippen LogP contribution in [0.3, 0.4) is 0 Å². The Labute approximate surface area is 387 Å². The molecule has 8 aromatic carbocycles. The highest BCUT2D eigenvalue weighted by Gasteiger charge is 2.47. The highest BCUT2D eigenvalue weighted by molar-refractivity contribution is 7.19. The van der Waals surface area contributed by atoms with Gasteiger partial charge in [0.2, 0.25) is 0 Å². The van der Waals surface area contributed by atoms with Gasteiger partial charge in [-0.3, -0.25) is 4.57 Å². The van der Waals surface area contributed by atoms with Gasteiger partial charge in [-0.2, -0.15) is 0 Å². The minimum absolute atomic E-state index is 0.635. The van der Waals surface area contributed by atoms with Gasteiger partial charge in [0.05, 0.1) is 16.7 Å².